The molecule has 7 nitrogen and oxygen atoms in total. The number of carboxylic acid groups (broad SMARTS) is 1. The van der Waals surface area contributed by atoms with E-state index in [9.17, 15) is 18.0 Å². The van der Waals surface area contributed by atoms with Crippen molar-refractivity contribution in [2.45, 2.75) is 44.4 Å². The van der Waals surface area contributed by atoms with Gasteiger partial charge in [-0.3, -0.25) is 9.69 Å². The van der Waals surface area contributed by atoms with Gasteiger partial charge in [0.1, 0.15) is 11.5 Å². The fourth-order valence-electron chi connectivity index (χ4n) is 4.47. The Labute approximate surface area is 184 Å². The van der Waals surface area contributed by atoms with Crippen LogP contribution in [-0.2, 0) is 18.4 Å². The van der Waals surface area contributed by atoms with E-state index < -0.39 is 12.1 Å². The van der Waals surface area contributed by atoms with Crippen LogP contribution < -0.4 is 0 Å². The average Bonchev–Trinajstić information content (AvgIpc) is 3.37. The molecule has 1 saturated heterocycles. The second-order valence-corrected chi connectivity index (χ2v) is 8.66. The minimum Gasteiger partial charge on any atom is -0.475 e. The standard InChI is InChI=1S/C20H27N3O2.C2HF3O2/c1-21-9-3-6-18(21)19(24)23-10-7-20(8-11-23)13-16(14-20)22(2)15-17-5-4-12-25-17;3-2(4,5)1(6)7/h3-6,9,12,16H,7-8,10-11,13-15H2,1-2H3;(H,6,7). The highest BCUT2D eigenvalue weighted by Crippen LogP contribution is 2.51. The molecule has 4 rings (SSSR count). The summed E-state index contributed by atoms with van der Waals surface area (Å²) >= 11 is 0. The minimum atomic E-state index is -5.08. The molecule has 1 aliphatic carbocycles. The molecule has 0 atom stereocenters. The van der Waals surface area contributed by atoms with Crippen LogP contribution >= 0.6 is 0 Å². The predicted octanol–water partition coefficient (Wildman–Crippen LogP) is 3.77. The summed E-state index contributed by atoms with van der Waals surface area (Å²) in [5.74, 6) is -1.55. The van der Waals surface area contributed by atoms with E-state index in [0.717, 1.165) is 43.9 Å². The molecule has 1 spiro atoms. The van der Waals surface area contributed by atoms with Crippen molar-refractivity contribution in [2.24, 2.45) is 12.5 Å². The van der Waals surface area contributed by atoms with Crippen LogP contribution in [0.3, 0.4) is 0 Å². The molecule has 3 heterocycles. The molecule has 1 amide bonds. The van der Waals surface area contributed by atoms with Gasteiger partial charge in [-0.1, -0.05) is 0 Å². The Morgan fingerprint density at radius 3 is 2.31 bits per heavy atom. The number of aliphatic carboxylic acids is 1. The number of piperidine rings is 1. The Balaban J connectivity index is 0.000000360. The Bertz CT molecular complexity index is 907. The van der Waals surface area contributed by atoms with E-state index in [1.165, 1.54) is 12.8 Å². The lowest BCUT2D eigenvalue weighted by Crippen LogP contribution is -2.54. The third-order valence-corrected chi connectivity index (χ3v) is 6.46. The van der Waals surface area contributed by atoms with Crippen molar-refractivity contribution in [3.8, 4) is 0 Å². The highest BCUT2D eigenvalue weighted by Gasteiger charge is 2.47. The molecule has 1 N–H and O–H groups in total. The van der Waals surface area contributed by atoms with Gasteiger partial charge in [-0.25, -0.2) is 4.79 Å². The van der Waals surface area contributed by atoms with E-state index in [0.29, 0.717) is 11.5 Å². The van der Waals surface area contributed by atoms with Crippen LogP contribution in [0.4, 0.5) is 13.2 Å². The van der Waals surface area contributed by atoms with Crippen molar-refractivity contribution in [1.82, 2.24) is 14.4 Å². The first-order chi connectivity index (χ1) is 15.0. The third-order valence-electron chi connectivity index (χ3n) is 6.46. The summed E-state index contributed by atoms with van der Waals surface area (Å²) in [6.45, 7) is 2.66. The number of carbonyl (C=O) groups excluding carboxylic acids is 1. The van der Waals surface area contributed by atoms with Gasteiger partial charge >= 0.3 is 12.1 Å². The van der Waals surface area contributed by atoms with Gasteiger partial charge in [-0.05, 0) is 62.4 Å². The number of aromatic nitrogens is 1. The maximum Gasteiger partial charge on any atom is 0.490 e. The Morgan fingerprint density at radius 1 is 1.22 bits per heavy atom. The number of rotatable bonds is 4. The largest absolute Gasteiger partial charge is 0.490 e. The van der Waals surface area contributed by atoms with Crippen molar-refractivity contribution in [3.05, 3.63) is 48.2 Å². The van der Waals surface area contributed by atoms with Crippen molar-refractivity contribution < 1.29 is 32.3 Å². The van der Waals surface area contributed by atoms with Gasteiger partial charge in [-0.2, -0.15) is 13.2 Å². The van der Waals surface area contributed by atoms with Crippen LogP contribution in [0.2, 0.25) is 0 Å². The molecule has 10 heteroatoms. The van der Waals surface area contributed by atoms with Crippen LogP contribution in [0.5, 0.6) is 0 Å². The van der Waals surface area contributed by atoms with Crippen LogP contribution in [-0.4, -0.2) is 63.7 Å². The Kier molecular flexibility index (Phi) is 7.02. The number of aryl methyl sites for hydroxylation is 1. The lowest BCUT2D eigenvalue weighted by atomic mass is 9.60. The molecule has 2 aromatic rings. The predicted molar refractivity (Wildman–Crippen MR) is 110 cm³/mol. The zero-order valence-electron chi connectivity index (χ0n) is 18.1. The SMILES string of the molecule is CN(Cc1ccco1)C1CC2(CCN(C(=O)c3cccn3C)CC2)C1.O=C(O)C(F)(F)F. The summed E-state index contributed by atoms with van der Waals surface area (Å²) < 4.78 is 39.1. The van der Waals surface area contributed by atoms with Gasteiger partial charge in [-0.15, -0.1) is 0 Å². The summed E-state index contributed by atoms with van der Waals surface area (Å²) in [5, 5.41) is 7.12. The number of nitrogens with zero attached hydrogens (tertiary/aromatic N) is 3. The van der Waals surface area contributed by atoms with E-state index >= 15 is 0 Å². The highest BCUT2D eigenvalue weighted by molar-refractivity contribution is 5.92. The maximum atomic E-state index is 12.6. The molecule has 1 saturated carbocycles. The van der Waals surface area contributed by atoms with Gasteiger partial charge in [0, 0.05) is 32.4 Å². The molecule has 176 valence electrons. The number of likely N-dealkylation sites (tertiary alicyclic amines) is 1. The van der Waals surface area contributed by atoms with Crippen LogP contribution in [0.1, 0.15) is 41.9 Å². The lowest BCUT2D eigenvalue weighted by molar-refractivity contribution is -0.192. The van der Waals surface area contributed by atoms with Crippen molar-refractivity contribution in [3.63, 3.8) is 0 Å². The van der Waals surface area contributed by atoms with Crippen molar-refractivity contribution in [1.29, 1.82) is 0 Å². The molecule has 0 unspecified atom stereocenters. The lowest BCUT2D eigenvalue weighted by Gasteiger charge is -2.54. The first kappa shape index (κ1) is 23.9. The van der Waals surface area contributed by atoms with Gasteiger partial charge < -0.3 is 19.0 Å². The molecule has 0 radical (unpaired) electrons. The summed E-state index contributed by atoms with van der Waals surface area (Å²) in [5.41, 5.74) is 1.24. The number of hydrogen-bond acceptors (Lipinski definition) is 4. The van der Waals surface area contributed by atoms with Crippen LogP contribution in [0.25, 0.3) is 0 Å². The average molecular weight is 455 g/mol. The van der Waals surface area contributed by atoms with E-state index in [1.807, 2.05) is 47.0 Å². The van der Waals surface area contributed by atoms with E-state index in [-0.39, 0.29) is 5.91 Å². The quantitative estimate of drug-likeness (QED) is 0.760. The normalized spacial score (nSPS) is 18.2. The van der Waals surface area contributed by atoms with Gasteiger partial charge in [0.2, 0.25) is 0 Å². The van der Waals surface area contributed by atoms with E-state index in [4.69, 9.17) is 14.3 Å². The summed E-state index contributed by atoms with van der Waals surface area (Å²) in [7, 11) is 4.12. The number of alkyl halides is 3. The molecular formula is C22H28F3N3O4. The second kappa shape index (κ2) is 9.40. The van der Waals surface area contributed by atoms with Gasteiger partial charge in [0.05, 0.1) is 12.8 Å². The molecule has 0 aromatic carbocycles. The number of furan rings is 1. The van der Waals surface area contributed by atoms with Crippen molar-refractivity contribution in [2.75, 3.05) is 20.1 Å². The molecule has 2 fully saturated rings. The number of carbonyl (C=O) groups is 2. The molecule has 2 aromatic heterocycles. The van der Waals surface area contributed by atoms with Crippen LogP contribution in [0.15, 0.2) is 41.1 Å². The molecule has 0 bridgehead atoms. The van der Waals surface area contributed by atoms with E-state index in [2.05, 4.69) is 11.9 Å². The van der Waals surface area contributed by atoms with Crippen molar-refractivity contribution >= 4 is 11.9 Å². The highest BCUT2D eigenvalue weighted by atomic mass is 19.4. The zero-order chi connectivity index (χ0) is 23.5. The Hall–Kier alpha value is -2.75. The first-order valence-electron chi connectivity index (χ1n) is 10.4. The zero-order valence-corrected chi connectivity index (χ0v) is 18.1. The van der Waals surface area contributed by atoms with E-state index in [1.54, 1.807) is 6.26 Å². The maximum absolute atomic E-state index is 12.6. The third kappa shape index (κ3) is 5.53. The number of carboxylic acids is 1. The summed E-state index contributed by atoms with van der Waals surface area (Å²) in [6.07, 6.45) is 3.35. The Morgan fingerprint density at radius 2 is 1.84 bits per heavy atom. The fourth-order valence-corrected chi connectivity index (χ4v) is 4.47. The first-order valence-corrected chi connectivity index (χ1v) is 10.4. The molecular weight excluding hydrogens is 427 g/mol. The molecule has 32 heavy (non-hydrogen) atoms. The number of hydrogen-bond donors (Lipinski definition) is 1. The number of amides is 1. The second-order valence-electron chi connectivity index (χ2n) is 8.66. The summed E-state index contributed by atoms with van der Waals surface area (Å²) in [4.78, 5) is 26.0. The number of halogens is 3. The van der Waals surface area contributed by atoms with Crippen LogP contribution in [0, 0.1) is 5.41 Å². The summed E-state index contributed by atoms with van der Waals surface area (Å²) in [6, 6.07) is 8.48. The fraction of sp³-hybridized carbons (Fsp3) is 0.545. The molecule has 1 aliphatic heterocycles. The van der Waals surface area contributed by atoms with Gasteiger partial charge in [0.25, 0.3) is 5.91 Å². The van der Waals surface area contributed by atoms with Gasteiger partial charge in [0.15, 0.2) is 0 Å². The smallest absolute Gasteiger partial charge is 0.475 e. The monoisotopic (exact) mass is 455 g/mol. The topological polar surface area (TPSA) is 78.9 Å². The molecule has 2 aliphatic rings. The minimum absolute atomic E-state index is 0.174.